The van der Waals surface area contributed by atoms with Gasteiger partial charge in [0.1, 0.15) is 5.92 Å². The van der Waals surface area contributed by atoms with E-state index in [1.54, 1.807) is 0 Å². The van der Waals surface area contributed by atoms with Crippen LogP contribution < -0.4 is 0 Å². The van der Waals surface area contributed by atoms with E-state index in [2.05, 4.69) is 0 Å². The molecular formula is C7H10N2. The molecule has 0 spiro atoms. The van der Waals surface area contributed by atoms with E-state index in [0.29, 0.717) is 12.3 Å². The van der Waals surface area contributed by atoms with Crippen LogP contribution in [0.1, 0.15) is 20.3 Å². The van der Waals surface area contributed by atoms with Gasteiger partial charge in [-0.2, -0.15) is 10.5 Å². The summed E-state index contributed by atoms with van der Waals surface area (Å²) in [6.07, 6.45) is 0.688. The summed E-state index contributed by atoms with van der Waals surface area (Å²) in [5, 5.41) is 16.6. The summed E-state index contributed by atoms with van der Waals surface area (Å²) in [6, 6.07) is 3.84. The van der Waals surface area contributed by atoms with Gasteiger partial charge in [0.15, 0.2) is 0 Å². The largest absolute Gasteiger partial charge is 0.197 e. The van der Waals surface area contributed by atoms with Crippen molar-refractivity contribution in [1.29, 1.82) is 10.5 Å². The summed E-state index contributed by atoms with van der Waals surface area (Å²) in [4.78, 5) is 0. The summed E-state index contributed by atoms with van der Waals surface area (Å²) in [6.45, 7) is 4.00. The van der Waals surface area contributed by atoms with E-state index >= 15 is 0 Å². The molecule has 0 saturated heterocycles. The molecule has 0 unspecified atom stereocenters. The molecule has 0 aliphatic carbocycles. The first kappa shape index (κ1) is 7.98. The number of nitrogens with zero attached hydrogens (tertiary/aromatic N) is 2. The van der Waals surface area contributed by atoms with Crippen LogP contribution in [0.25, 0.3) is 0 Å². The minimum Gasteiger partial charge on any atom is -0.197 e. The highest BCUT2D eigenvalue weighted by molar-refractivity contribution is 4.98. The molecule has 0 amide bonds. The molecule has 2 nitrogen and oxygen atoms in total. The van der Waals surface area contributed by atoms with Gasteiger partial charge in [-0.05, 0) is 12.3 Å². The molecule has 0 saturated carbocycles. The molecule has 0 aromatic heterocycles. The van der Waals surface area contributed by atoms with Crippen molar-refractivity contribution in [3.05, 3.63) is 0 Å². The lowest BCUT2D eigenvalue weighted by Gasteiger charge is -2.01. The Bertz CT molecular complexity index is 133. The van der Waals surface area contributed by atoms with Gasteiger partial charge in [0.05, 0.1) is 12.1 Å². The lowest BCUT2D eigenvalue weighted by molar-refractivity contribution is 0.544. The monoisotopic (exact) mass is 122 g/mol. The van der Waals surface area contributed by atoms with Crippen molar-refractivity contribution >= 4 is 0 Å². The maximum Gasteiger partial charge on any atom is 0.133 e. The third-order valence-corrected chi connectivity index (χ3v) is 1.02. The summed E-state index contributed by atoms with van der Waals surface area (Å²) in [5.74, 6) is 0.0271. The fourth-order valence-corrected chi connectivity index (χ4v) is 0.606. The molecule has 0 radical (unpaired) electrons. The van der Waals surface area contributed by atoms with Crippen LogP contribution in [-0.4, -0.2) is 0 Å². The summed E-state index contributed by atoms with van der Waals surface area (Å²) >= 11 is 0. The first-order chi connectivity index (χ1) is 4.20. The fraction of sp³-hybridized carbons (Fsp3) is 0.714. The molecule has 48 valence electrons. The van der Waals surface area contributed by atoms with Crippen molar-refractivity contribution < 1.29 is 0 Å². The Kier molecular flexibility index (Phi) is 3.48. The highest BCUT2D eigenvalue weighted by Crippen LogP contribution is 2.08. The maximum atomic E-state index is 8.30. The number of nitriles is 2. The second kappa shape index (κ2) is 3.92. The van der Waals surface area contributed by atoms with Gasteiger partial charge in [0, 0.05) is 0 Å². The molecule has 0 aromatic carbocycles. The van der Waals surface area contributed by atoms with Gasteiger partial charge in [-0.1, -0.05) is 13.8 Å². The lowest BCUT2D eigenvalue weighted by atomic mass is 10.0. The molecule has 0 rings (SSSR count). The minimum atomic E-state index is -0.412. The average molecular weight is 122 g/mol. The zero-order valence-electron chi connectivity index (χ0n) is 5.76. The Morgan fingerprint density at radius 3 is 1.78 bits per heavy atom. The summed E-state index contributed by atoms with van der Waals surface area (Å²) in [5.41, 5.74) is 0. The van der Waals surface area contributed by atoms with Crippen LogP contribution in [0.5, 0.6) is 0 Å². The topological polar surface area (TPSA) is 47.6 Å². The molecule has 0 heterocycles. The van der Waals surface area contributed by atoms with Gasteiger partial charge in [-0.25, -0.2) is 0 Å². The van der Waals surface area contributed by atoms with Crippen LogP contribution in [0, 0.1) is 34.5 Å². The number of hydrogen-bond acceptors (Lipinski definition) is 2. The molecule has 9 heavy (non-hydrogen) atoms. The van der Waals surface area contributed by atoms with E-state index in [4.69, 9.17) is 10.5 Å². The Hall–Kier alpha value is -1.02. The highest BCUT2D eigenvalue weighted by atomic mass is 14.3. The van der Waals surface area contributed by atoms with Crippen molar-refractivity contribution in [2.75, 3.05) is 0 Å². The third kappa shape index (κ3) is 3.55. The van der Waals surface area contributed by atoms with Crippen LogP contribution in [0.2, 0.25) is 0 Å². The zero-order chi connectivity index (χ0) is 7.28. The molecule has 2 heteroatoms. The highest BCUT2D eigenvalue weighted by Gasteiger charge is 2.06. The van der Waals surface area contributed by atoms with Crippen molar-refractivity contribution in [2.45, 2.75) is 20.3 Å². The van der Waals surface area contributed by atoms with Gasteiger partial charge >= 0.3 is 0 Å². The maximum absolute atomic E-state index is 8.30. The lowest BCUT2D eigenvalue weighted by Crippen LogP contribution is -1.97. The van der Waals surface area contributed by atoms with Crippen LogP contribution in [0.4, 0.5) is 0 Å². The van der Waals surface area contributed by atoms with Crippen LogP contribution in [0.15, 0.2) is 0 Å². The predicted octanol–water partition coefficient (Wildman–Crippen LogP) is 1.70. The van der Waals surface area contributed by atoms with Gasteiger partial charge < -0.3 is 0 Å². The van der Waals surface area contributed by atoms with Crippen molar-refractivity contribution in [3.63, 3.8) is 0 Å². The SMILES string of the molecule is CC(C)CC(C#N)C#N. The molecule has 0 N–H and O–H groups in total. The number of hydrogen-bond donors (Lipinski definition) is 0. The fourth-order valence-electron chi connectivity index (χ4n) is 0.606. The standard InChI is InChI=1S/C7H10N2/c1-6(2)3-7(4-8)5-9/h6-7H,3H2,1-2H3. The van der Waals surface area contributed by atoms with Gasteiger partial charge in [0.25, 0.3) is 0 Å². The molecule has 0 bridgehead atoms. The smallest absolute Gasteiger partial charge is 0.133 e. The Morgan fingerprint density at radius 2 is 1.67 bits per heavy atom. The molecule has 0 aliphatic heterocycles. The van der Waals surface area contributed by atoms with E-state index in [1.807, 2.05) is 26.0 Å². The van der Waals surface area contributed by atoms with Gasteiger partial charge in [-0.15, -0.1) is 0 Å². The first-order valence-corrected chi connectivity index (χ1v) is 3.00. The molecular weight excluding hydrogens is 112 g/mol. The minimum absolute atomic E-state index is 0.412. The normalized spacial score (nSPS) is 9.11. The van der Waals surface area contributed by atoms with E-state index in [1.165, 1.54) is 0 Å². The predicted molar refractivity (Wildman–Crippen MR) is 34.2 cm³/mol. The zero-order valence-corrected chi connectivity index (χ0v) is 5.76. The Balaban J connectivity index is 3.64. The molecule has 0 aromatic rings. The Morgan fingerprint density at radius 1 is 1.22 bits per heavy atom. The second-order valence-electron chi connectivity index (χ2n) is 2.44. The van der Waals surface area contributed by atoms with Crippen LogP contribution >= 0.6 is 0 Å². The molecule has 0 aliphatic rings. The molecule has 0 atom stereocenters. The first-order valence-electron chi connectivity index (χ1n) is 3.00. The average Bonchev–Trinajstić information content (AvgIpc) is 1.82. The van der Waals surface area contributed by atoms with E-state index < -0.39 is 5.92 Å². The van der Waals surface area contributed by atoms with Gasteiger partial charge in [0.2, 0.25) is 0 Å². The van der Waals surface area contributed by atoms with Crippen molar-refractivity contribution in [2.24, 2.45) is 11.8 Å². The van der Waals surface area contributed by atoms with E-state index in [-0.39, 0.29) is 0 Å². The second-order valence-corrected chi connectivity index (χ2v) is 2.44. The number of rotatable bonds is 2. The summed E-state index contributed by atoms with van der Waals surface area (Å²) < 4.78 is 0. The van der Waals surface area contributed by atoms with E-state index in [0.717, 1.165) is 0 Å². The van der Waals surface area contributed by atoms with Crippen LogP contribution in [-0.2, 0) is 0 Å². The van der Waals surface area contributed by atoms with Crippen LogP contribution in [0.3, 0.4) is 0 Å². The summed E-state index contributed by atoms with van der Waals surface area (Å²) in [7, 11) is 0. The third-order valence-electron chi connectivity index (χ3n) is 1.02. The van der Waals surface area contributed by atoms with Crippen molar-refractivity contribution in [1.82, 2.24) is 0 Å². The van der Waals surface area contributed by atoms with Crippen molar-refractivity contribution in [3.8, 4) is 12.1 Å². The quantitative estimate of drug-likeness (QED) is 0.559. The van der Waals surface area contributed by atoms with E-state index in [9.17, 15) is 0 Å². The van der Waals surface area contributed by atoms with Gasteiger partial charge in [-0.3, -0.25) is 0 Å². The Labute approximate surface area is 55.7 Å². The molecule has 0 fully saturated rings.